The smallest absolute Gasteiger partial charge is 0.223 e. The molecule has 5 nitrogen and oxygen atoms in total. The summed E-state index contributed by atoms with van der Waals surface area (Å²) in [5, 5.41) is 3.17. The maximum absolute atomic E-state index is 5.59. The number of rotatable bonds is 5. The van der Waals surface area contributed by atoms with Crippen LogP contribution in [-0.4, -0.2) is 23.7 Å². The van der Waals surface area contributed by atoms with Gasteiger partial charge in [-0.3, -0.25) is 0 Å². The molecule has 96 valence electrons. The summed E-state index contributed by atoms with van der Waals surface area (Å²) >= 11 is 3.29. The minimum absolute atomic E-state index is 0.107. The normalized spacial score (nSPS) is 12.4. The third-order valence-electron chi connectivity index (χ3n) is 2.36. The van der Waals surface area contributed by atoms with Crippen LogP contribution in [0.4, 0.5) is 5.95 Å². The molecule has 2 aromatic heterocycles. The van der Waals surface area contributed by atoms with Crippen LogP contribution in [0, 0.1) is 6.92 Å². The topological polar surface area (TPSA) is 60.2 Å². The number of methoxy groups -OCH3 is 1. The Labute approximate surface area is 114 Å². The molecule has 0 unspecified atom stereocenters. The summed E-state index contributed by atoms with van der Waals surface area (Å²) in [6, 6.07) is 3.73. The predicted octanol–water partition coefficient (Wildman–Crippen LogP) is 2.94. The molecule has 1 atom stereocenters. The second-order valence-corrected chi connectivity index (χ2v) is 4.74. The summed E-state index contributed by atoms with van der Waals surface area (Å²) < 4.78 is 11.6. The Morgan fingerprint density at radius 1 is 1.39 bits per heavy atom. The summed E-state index contributed by atoms with van der Waals surface area (Å²) in [6.07, 6.45) is 3.37. The van der Waals surface area contributed by atoms with Crippen molar-refractivity contribution in [3.8, 4) is 0 Å². The van der Waals surface area contributed by atoms with Gasteiger partial charge in [-0.2, -0.15) is 0 Å². The molecule has 2 heterocycles. The summed E-state index contributed by atoms with van der Waals surface area (Å²) in [5.41, 5.74) is 0. The number of nitrogens with zero attached hydrogens (tertiary/aromatic N) is 2. The van der Waals surface area contributed by atoms with Crippen molar-refractivity contribution in [3.63, 3.8) is 0 Å². The SMILES string of the molecule is COC[C@@H](Nc1ncc(Br)cn1)c1ccc(C)o1. The van der Waals surface area contributed by atoms with E-state index < -0.39 is 0 Å². The predicted molar refractivity (Wildman–Crippen MR) is 71.4 cm³/mol. The lowest BCUT2D eigenvalue weighted by Gasteiger charge is -2.15. The maximum Gasteiger partial charge on any atom is 0.223 e. The summed E-state index contributed by atoms with van der Waals surface area (Å²) in [5.74, 6) is 2.21. The molecule has 2 rings (SSSR count). The molecule has 1 N–H and O–H groups in total. The quantitative estimate of drug-likeness (QED) is 0.920. The van der Waals surface area contributed by atoms with Gasteiger partial charge in [-0.1, -0.05) is 0 Å². The van der Waals surface area contributed by atoms with E-state index in [1.54, 1.807) is 19.5 Å². The lowest BCUT2D eigenvalue weighted by Crippen LogP contribution is -2.17. The molecule has 0 fully saturated rings. The van der Waals surface area contributed by atoms with Crippen LogP contribution in [0.25, 0.3) is 0 Å². The second-order valence-electron chi connectivity index (χ2n) is 3.83. The largest absolute Gasteiger partial charge is 0.464 e. The first kappa shape index (κ1) is 13.0. The molecule has 0 amide bonds. The van der Waals surface area contributed by atoms with E-state index >= 15 is 0 Å². The van der Waals surface area contributed by atoms with E-state index in [2.05, 4.69) is 31.2 Å². The molecule has 0 aromatic carbocycles. The highest BCUT2D eigenvalue weighted by Gasteiger charge is 2.16. The number of furan rings is 1. The van der Waals surface area contributed by atoms with Gasteiger partial charge in [-0.25, -0.2) is 9.97 Å². The Kier molecular flexibility index (Phi) is 4.33. The minimum atomic E-state index is -0.107. The number of aryl methyl sites for hydroxylation is 1. The van der Waals surface area contributed by atoms with Crippen LogP contribution in [0.2, 0.25) is 0 Å². The number of anilines is 1. The van der Waals surface area contributed by atoms with Crippen molar-refractivity contribution in [2.24, 2.45) is 0 Å². The molecule has 18 heavy (non-hydrogen) atoms. The van der Waals surface area contributed by atoms with Crippen molar-refractivity contribution in [1.29, 1.82) is 0 Å². The van der Waals surface area contributed by atoms with E-state index in [9.17, 15) is 0 Å². The maximum atomic E-state index is 5.59. The fraction of sp³-hybridized carbons (Fsp3) is 0.333. The average Bonchev–Trinajstić information content (AvgIpc) is 2.78. The number of aromatic nitrogens is 2. The van der Waals surface area contributed by atoms with Gasteiger partial charge in [0.1, 0.15) is 17.6 Å². The zero-order valence-electron chi connectivity index (χ0n) is 10.2. The van der Waals surface area contributed by atoms with Gasteiger partial charge in [0.2, 0.25) is 5.95 Å². The van der Waals surface area contributed by atoms with E-state index in [4.69, 9.17) is 9.15 Å². The van der Waals surface area contributed by atoms with Crippen molar-refractivity contribution < 1.29 is 9.15 Å². The molecule has 0 bridgehead atoms. The van der Waals surface area contributed by atoms with Crippen LogP contribution < -0.4 is 5.32 Å². The Balaban J connectivity index is 2.13. The van der Waals surface area contributed by atoms with Crippen LogP contribution in [0.1, 0.15) is 17.6 Å². The number of nitrogens with one attached hydrogen (secondary N) is 1. The Bertz CT molecular complexity index is 498. The third kappa shape index (κ3) is 3.30. The molecular formula is C12H14BrN3O2. The van der Waals surface area contributed by atoms with Crippen molar-refractivity contribution in [2.75, 3.05) is 19.0 Å². The van der Waals surface area contributed by atoms with Crippen LogP contribution in [0.3, 0.4) is 0 Å². The molecule has 0 spiro atoms. The standard InChI is InChI=1S/C12H14BrN3O2/c1-8-3-4-11(18-8)10(7-17-2)16-12-14-5-9(13)6-15-12/h3-6,10H,7H2,1-2H3,(H,14,15,16)/t10-/m1/s1. The number of ether oxygens (including phenoxy) is 1. The van der Waals surface area contributed by atoms with Gasteiger partial charge >= 0.3 is 0 Å². The molecule has 0 aliphatic carbocycles. The van der Waals surface area contributed by atoms with E-state index in [0.29, 0.717) is 12.6 Å². The molecule has 0 saturated heterocycles. The van der Waals surface area contributed by atoms with Crippen molar-refractivity contribution in [3.05, 3.63) is 40.5 Å². The highest BCUT2D eigenvalue weighted by Crippen LogP contribution is 2.20. The highest BCUT2D eigenvalue weighted by atomic mass is 79.9. The van der Waals surface area contributed by atoms with E-state index in [1.807, 2.05) is 19.1 Å². The summed E-state index contributed by atoms with van der Waals surface area (Å²) in [6.45, 7) is 2.38. The van der Waals surface area contributed by atoms with Gasteiger partial charge in [-0.05, 0) is 35.0 Å². The number of halogens is 1. The fourth-order valence-electron chi connectivity index (χ4n) is 1.54. The van der Waals surface area contributed by atoms with Crippen LogP contribution in [-0.2, 0) is 4.74 Å². The van der Waals surface area contributed by atoms with Crippen LogP contribution in [0.15, 0.2) is 33.4 Å². The molecule has 2 aromatic rings. The first-order valence-electron chi connectivity index (χ1n) is 5.48. The Morgan fingerprint density at radius 2 is 2.11 bits per heavy atom. The zero-order chi connectivity index (χ0) is 13.0. The molecular weight excluding hydrogens is 298 g/mol. The van der Waals surface area contributed by atoms with Crippen molar-refractivity contribution in [2.45, 2.75) is 13.0 Å². The zero-order valence-corrected chi connectivity index (χ0v) is 11.8. The third-order valence-corrected chi connectivity index (χ3v) is 2.77. The van der Waals surface area contributed by atoms with Crippen molar-refractivity contribution in [1.82, 2.24) is 9.97 Å². The first-order chi connectivity index (χ1) is 8.69. The lowest BCUT2D eigenvalue weighted by atomic mass is 10.2. The van der Waals surface area contributed by atoms with Crippen LogP contribution >= 0.6 is 15.9 Å². The first-order valence-corrected chi connectivity index (χ1v) is 6.27. The van der Waals surface area contributed by atoms with E-state index in [1.165, 1.54) is 0 Å². The van der Waals surface area contributed by atoms with Gasteiger partial charge in [-0.15, -0.1) is 0 Å². The van der Waals surface area contributed by atoms with Gasteiger partial charge in [0, 0.05) is 19.5 Å². The van der Waals surface area contributed by atoms with E-state index in [0.717, 1.165) is 16.0 Å². The second kappa shape index (κ2) is 5.97. The summed E-state index contributed by atoms with van der Waals surface area (Å²) in [7, 11) is 1.65. The lowest BCUT2D eigenvalue weighted by molar-refractivity contribution is 0.178. The monoisotopic (exact) mass is 311 g/mol. The van der Waals surface area contributed by atoms with E-state index in [-0.39, 0.29) is 6.04 Å². The van der Waals surface area contributed by atoms with Gasteiger partial charge in [0.15, 0.2) is 0 Å². The molecule has 6 heteroatoms. The number of hydrogen-bond acceptors (Lipinski definition) is 5. The van der Waals surface area contributed by atoms with Crippen molar-refractivity contribution >= 4 is 21.9 Å². The average molecular weight is 312 g/mol. The van der Waals surface area contributed by atoms with Gasteiger partial charge in [0.05, 0.1) is 11.1 Å². The fourth-order valence-corrected chi connectivity index (χ4v) is 1.75. The molecule has 0 aliphatic heterocycles. The molecule has 0 saturated carbocycles. The molecule has 0 aliphatic rings. The number of hydrogen-bond donors (Lipinski definition) is 1. The Morgan fingerprint density at radius 3 is 2.67 bits per heavy atom. The molecule has 0 radical (unpaired) electrons. The minimum Gasteiger partial charge on any atom is -0.464 e. The van der Waals surface area contributed by atoms with Gasteiger partial charge in [0.25, 0.3) is 0 Å². The van der Waals surface area contributed by atoms with Crippen LogP contribution in [0.5, 0.6) is 0 Å². The van der Waals surface area contributed by atoms with Gasteiger partial charge < -0.3 is 14.5 Å². The highest BCUT2D eigenvalue weighted by molar-refractivity contribution is 9.10. The Hall–Kier alpha value is -1.40. The summed E-state index contributed by atoms with van der Waals surface area (Å²) in [4.78, 5) is 8.33.